The molecule has 1 heterocycles. The Bertz CT molecular complexity index is 563. The summed E-state index contributed by atoms with van der Waals surface area (Å²) in [4.78, 5) is 26.0. The SMILES string of the molecule is CCCC(C(=O)OCC)N1CC(c2cccc(Cl)c2)OCC1=O. The molecule has 1 aromatic carbocycles. The fourth-order valence-corrected chi connectivity index (χ4v) is 2.91. The van der Waals surface area contributed by atoms with Crippen LogP contribution in [0.2, 0.25) is 5.02 Å². The van der Waals surface area contributed by atoms with Crippen LogP contribution in [-0.4, -0.2) is 42.6 Å². The summed E-state index contributed by atoms with van der Waals surface area (Å²) < 4.78 is 10.8. The average Bonchev–Trinajstić information content (AvgIpc) is 2.53. The normalized spacial score (nSPS) is 19.5. The zero-order chi connectivity index (χ0) is 16.8. The zero-order valence-corrected chi connectivity index (χ0v) is 14.2. The summed E-state index contributed by atoms with van der Waals surface area (Å²) in [5.74, 6) is -0.538. The summed E-state index contributed by atoms with van der Waals surface area (Å²) in [5.41, 5.74) is 0.897. The molecule has 23 heavy (non-hydrogen) atoms. The van der Waals surface area contributed by atoms with Crippen LogP contribution in [0.5, 0.6) is 0 Å². The summed E-state index contributed by atoms with van der Waals surface area (Å²) in [6.45, 7) is 4.32. The second-order valence-corrected chi connectivity index (χ2v) is 5.89. The number of morpholine rings is 1. The average molecular weight is 340 g/mol. The molecule has 2 unspecified atom stereocenters. The van der Waals surface area contributed by atoms with Crippen molar-refractivity contribution in [3.05, 3.63) is 34.9 Å². The third-order valence-electron chi connectivity index (χ3n) is 3.81. The Balaban J connectivity index is 2.18. The van der Waals surface area contributed by atoms with Crippen LogP contribution in [0.4, 0.5) is 0 Å². The van der Waals surface area contributed by atoms with Crippen LogP contribution in [0, 0.1) is 0 Å². The van der Waals surface area contributed by atoms with Crippen molar-refractivity contribution in [2.24, 2.45) is 0 Å². The van der Waals surface area contributed by atoms with Gasteiger partial charge >= 0.3 is 5.97 Å². The van der Waals surface area contributed by atoms with Gasteiger partial charge in [-0.3, -0.25) is 4.79 Å². The minimum atomic E-state index is -0.557. The number of halogens is 1. The summed E-state index contributed by atoms with van der Waals surface area (Å²) in [7, 11) is 0. The fraction of sp³-hybridized carbons (Fsp3) is 0.529. The van der Waals surface area contributed by atoms with E-state index in [1.807, 2.05) is 25.1 Å². The Kier molecular flexibility index (Phi) is 6.42. The van der Waals surface area contributed by atoms with Gasteiger partial charge < -0.3 is 14.4 Å². The number of ether oxygens (including phenoxy) is 2. The fourth-order valence-electron chi connectivity index (χ4n) is 2.71. The number of esters is 1. The van der Waals surface area contributed by atoms with E-state index < -0.39 is 6.04 Å². The quantitative estimate of drug-likeness (QED) is 0.748. The Labute approximate surface area is 141 Å². The van der Waals surface area contributed by atoms with E-state index in [4.69, 9.17) is 21.1 Å². The molecule has 1 saturated heterocycles. The van der Waals surface area contributed by atoms with Gasteiger partial charge in [-0.1, -0.05) is 37.1 Å². The molecular weight excluding hydrogens is 318 g/mol. The summed E-state index contributed by atoms with van der Waals surface area (Å²) in [6.07, 6.45) is 1.07. The Morgan fingerprint density at radius 2 is 2.26 bits per heavy atom. The maximum Gasteiger partial charge on any atom is 0.328 e. The van der Waals surface area contributed by atoms with Gasteiger partial charge in [0.1, 0.15) is 18.8 Å². The van der Waals surface area contributed by atoms with Crippen LogP contribution in [0.1, 0.15) is 38.4 Å². The summed E-state index contributed by atoms with van der Waals surface area (Å²) in [6, 6.07) is 6.80. The van der Waals surface area contributed by atoms with Crippen molar-refractivity contribution in [2.75, 3.05) is 19.8 Å². The third-order valence-corrected chi connectivity index (χ3v) is 4.04. The molecule has 0 radical (unpaired) electrons. The van der Waals surface area contributed by atoms with Crippen molar-refractivity contribution >= 4 is 23.5 Å². The first-order valence-corrected chi connectivity index (χ1v) is 8.27. The molecule has 1 aliphatic rings. The molecule has 0 aromatic heterocycles. The van der Waals surface area contributed by atoms with Gasteiger partial charge in [-0.15, -0.1) is 0 Å². The first-order chi connectivity index (χ1) is 11.1. The maximum absolute atomic E-state index is 12.2. The predicted molar refractivity (Wildman–Crippen MR) is 87.2 cm³/mol. The molecule has 0 N–H and O–H groups in total. The number of benzene rings is 1. The molecule has 1 fully saturated rings. The molecule has 126 valence electrons. The van der Waals surface area contributed by atoms with Gasteiger partial charge in [0.2, 0.25) is 5.91 Å². The lowest BCUT2D eigenvalue weighted by atomic mass is 10.0. The molecule has 0 saturated carbocycles. The highest BCUT2D eigenvalue weighted by molar-refractivity contribution is 6.30. The van der Waals surface area contributed by atoms with Gasteiger partial charge in [0.05, 0.1) is 13.2 Å². The molecule has 1 amide bonds. The van der Waals surface area contributed by atoms with E-state index in [-0.39, 0.29) is 24.6 Å². The van der Waals surface area contributed by atoms with Crippen molar-refractivity contribution in [3.8, 4) is 0 Å². The van der Waals surface area contributed by atoms with E-state index in [9.17, 15) is 9.59 Å². The van der Waals surface area contributed by atoms with Gasteiger partial charge in [0, 0.05) is 5.02 Å². The van der Waals surface area contributed by atoms with Gasteiger partial charge in [-0.25, -0.2) is 4.79 Å². The zero-order valence-electron chi connectivity index (χ0n) is 13.5. The molecule has 5 nitrogen and oxygen atoms in total. The van der Waals surface area contributed by atoms with Gasteiger partial charge in [-0.2, -0.15) is 0 Å². The smallest absolute Gasteiger partial charge is 0.328 e. The standard InChI is InChI=1S/C17H22ClNO4/c1-3-6-14(17(21)22-4-2)19-10-15(23-11-16(19)20)12-7-5-8-13(18)9-12/h5,7-9,14-15H,3-4,6,10-11H2,1-2H3. The third kappa shape index (κ3) is 4.45. The molecule has 2 rings (SSSR count). The number of amides is 1. The first kappa shape index (κ1) is 17.8. The van der Waals surface area contributed by atoms with Crippen molar-refractivity contribution in [1.82, 2.24) is 4.90 Å². The highest BCUT2D eigenvalue weighted by Gasteiger charge is 2.36. The Morgan fingerprint density at radius 3 is 2.91 bits per heavy atom. The minimum absolute atomic E-state index is 0.0448. The lowest BCUT2D eigenvalue weighted by Gasteiger charge is -2.37. The number of hydrogen-bond donors (Lipinski definition) is 0. The van der Waals surface area contributed by atoms with E-state index >= 15 is 0 Å². The van der Waals surface area contributed by atoms with Gasteiger partial charge in [-0.05, 0) is 31.0 Å². The van der Waals surface area contributed by atoms with E-state index in [0.29, 0.717) is 24.6 Å². The minimum Gasteiger partial charge on any atom is -0.464 e. The van der Waals surface area contributed by atoms with E-state index in [1.54, 1.807) is 17.9 Å². The number of carbonyl (C=O) groups is 2. The maximum atomic E-state index is 12.2. The second kappa shape index (κ2) is 8.31. The monoisotopic (exact) mass is 339 g/mol. The van der Waals surface area contributed by atoms with E-state index in [1.165, 1.54) is 0 Å². The number of carbonyl (C=O) groups excluding carboxylic acids is 2. The van der Waals surface area contributed by atoms with Crippen LogP contribution in [0.15, 0.2) is 24.3 Å². The van der Waals surface area contributed by atoms with E-state index in [0.717, 1.165) is 12.0 Å². The van der Waals surface area contributed by atoms with Crippen LogP contribution in [0.25, 0.3) is 0 Å². The van der Waals surface area contributed by atoms with Gasteiger partial charge in [0.25, 0.3) is 0 Å². The first-order valence-electron chi connectivity index (χ1n) is 7.90. The van der Waals surface area contributed by atoms with Crippen molar-refractivity contribution in [2.45, 2.75) is 38.8 Å². The molecular formula is C17H22ClNO4. The van der Waals surface area contributed by atoms with Crippen LogP contribution in [-0.2, 0) is 19.1 Å². The van der Waals surface area contributed by atoms with Gasteiger partial charge in [0.15, 0.2) is 0 Å². The highest BCUT2D eigenvalue weighted by atomic mass is 35.5. The van der Waals surface area contributed by atoms with Crippen molar-refractivity contribution < 1.29 is 19.1 Å². The van der Waals surface area contributed by atoms with Crippen molar-refractivity contribution in [3.63, 3.8) is 0 Å². The molecule has 2 atom stereocenters. The lowest BCUT2D eigenvalue weighted by molar-refractivity contribution is -0.165. The molecule has 0 spiro atoms. The van der Waals surface area contributed by atoms with Crippen LogP contribution < -0.4 is 0 Å². The number of hydrogen-bond acceptors (Lipinski definition) is 4. The predicted octanol–water partition coefficient (Wildman–Crippen LogP) is 2.97. The number of nitrogens with zero attached hydrogens (tertiary/aromatic N) is 1. The summed E-state index contributed by atoms with van der Waals surface area (Å²) in [5, 5.41) is 0.616. The van der Waals surface area contributed by atoms with E-state index in [2.05, 4.69) is 0 Å². The molecule has 6 heteroatoms. The molecule has 0 aliphatic carbocycles. The van der Waals surface area contributed by atoms with Crippen LogP contribution >= 0.6 is 11.6 Å². The van der Waals surface area contributed by atoms with Crippen molar-refractivity contribution in [1.29, 1.82) is 0 Å². The largest absolute Gasteiger partial charge is 0.464 e. The lowest BCUT2D eigenvalue weighted by Crippen LogP contribution is -2.52. The highest BCUT2D eigenvalue weighted by Crippen LogP contribution is 2.27. The van der Waals surface area contributed by atoms with Crippen LogP contribution in [0.3, 0.4) is 0 Å². The Hall–Kier alpha value is -1.59. The molecule has 1 aromatic rings. The molecule has 0 bridgehead atoms. The Morgan fingerprint density at radius 1 is 1.48 bits per heavy atom. The second-order valence-electron chi connectivity index (χ2n) is 5.46. The summed E-state index contributed by atoms with van der Waals surface area (Å²) >= 11 is 6.02. The topological polar surface area (TPSA) is 55.8 Å². The number of rotatable bonds is 6. The molecule has 1 aliphatic heterocycles.